The number of hydrogen-bond donors (Lipinski definition) is 3. The summed E-state index contributed by atoms with van der Waals surface area (Å²) >= 11 is 0. The number of hydrogen-bond acceptors (Lipinski definition) is 5. The summed E-state index contributed by atoms with van der Waals surface area (Å²) in [6.07, 6.45) is 0.0328. The number of carboxylic acids is 1. The summed E-state index contributed by atoms with van der Waals surface area (Å²) in [7, 11) is -3.91. The maximum absolute atomic E-state index is 12.6. The standard InChI is InChI=1S/C20H21N3O6S/c24-18(12-21-30(28,29)16-9-5-2-6-10-16)23-13-15(11-17(23)20(26)27)22-19(25)14-7-3-1-4-8-14/h1-10,15,17,21H,11-13H2,(H,22,25)(H,26,27)/t15-,17+/m1/s1. The Morgan fingerprint density at radius 3 is 2.20 bits per heavy atom. The average Bonchev–Trinajstić information content (AvgIpc) is 3.17. The van der Waals surface area contributed by atoms with Crippen LogP contribution in [0, 0.1) is 0 Å². The Labute approximate surface area is 173 Å². The second-order valence-corrected chi connectivity index (χ2v) is 8.58. The average molecular weight is 431 g/mol. The van der Waals surface area contributed by atoms with Crippen molar-refractivity contribution < 1.29 is 27.9 Å². The number of benzene rings is 2. The van der Waals surface area contributed by atoms with E-state index in [4.69, 9.17) is 0 Å². The molecule has 30 heavy (non-hydrogen) atoms. The minimum absolute atomic E-state index is 0.00186. The minimum Gasteiger partial charge on any atom is -0.480 e. The Balaban J connectivity index is 1.64. The fraction of sp³-hybridized carbons (Fsp3) is 0.250. The lowest BCUT2D eigenvalue weighted by Gasteiger charge is -2.21. The molecule has 3 N–H and O–H groups in total. The number of rotatable bonds is 7. The highest BCUT2D eigenvalue weighted by Gasteiger charge is 2.40. The molecule has 2 aromatic rings. The van der Waals surface area contributed by atoms with Gasteiger partial charge in [-0.2, -0.15) is 0 Å². The lowest BCUT2D eigenvalue weighted by Crippen LogP contribution is -2.46. The number of nitrogens with one attached hydrogen (secondary N) is 2. The number of nitrogens with zero attached hydrogens (tertiary/aromatic N) is 1. The van der Waals surface area contributed by atoms with Crippen LogP contribution in [0.2, 0.25) is 0 Å². The van der Waals surface area contributed by atoms with Crippen molar-refractivity contribution in [2.24, 2.45) is 0 Å². The quantitative estimate of drug-likeness (QED) is 0.583. The van der Waals surface area contributed by atoms with E-state index >= 15 is 0 Å². The number of carboxylic acid groups (broad SMARTS) is 1. The third-order valence-corrected chi connectivity index (χ3v) is 6.16. The van der Waals surface area contributed by atoms with Gasteiger partial charge in [-0.25, -0.2) is 17.9 Å². The van der Waals surface area contributed by atoms with E-state index in [1.54, 1.807) is 48.5 Å². The maximum atomic E-state index is 12.6. The largest absolute Gasteiger partial charge is 0.480 e. The highest BCUT2D eigenvalue weighted by Crippen LogP contribution is 2.19. The zero-order chi connectivity index (χ0) is 21.7. The summed E-state index contributed by atoms with van der Waals surface area (Å²) in [6.45, 7) is -0.609. The van der Waals surface area contributed by atoms with Gasteiger partial charge in [-0.05, 0) is 24.3 Å². The molecular formula is C20H21N3O6S. The lowest BCUT2D eigenvalue weighted by molar-refractivity contribution is -0.147. The summed E-state index contributed by atoms with van der Waals surface area (Å²) in [4.78, 5) is 37.5. The summed E-state index contributed by atoms with van der Waals surface area (Å²) in [5.74, 6) is -2.27. The van der Waals surface area contributed by atoms with E-state index in [1.165, 1.54) is 12.1 Å². The Kier molecular flexibility index (Phi) is 6.48. The molecular weight excluding hydrogens is 410 g/mol. The molecule has 1 aliphatic rings. The normalized spacial score (nSPS) is 18.7. The number of likely N-dealkylation sites (tertiary alicyclic amines) is 1. The molecule has 0 unspecified atom stereocenters. The van der Waals surface area contributed by atoms with Crippen LogP contribution in [-0.2, 0) is 19.6 Å². The molecule has 0 radical (unpaired) electrons. The van der Waals surface area contributed by atoms with Gasteiger partial charge in [0.25, 0.3) is 5.91 Å². The van der Waals surface area contributed by atoms with Gasteiger partial charge < -0.3 is 15.3 Å². The fourth-order valence-electron chi connectivity index (χ4n) is 3.25. The molecule has 1 fully saturated rings. The Morgan fingerprint density at radius 1 is 1.00 bits per heavy atom. The molecule has 9 nitrogen and oxygen atoms in total. The van der Waals surface area contributed by atoms with Crippen LogP contribution in [0.15, 0.2) is 65.6 Å². The van der Waals surface area contributed by atoms with Crippen LogP contribution in [0.4, 0.5) is 0 Å². The van der Waals surface area contributed by atoms with Crippen molar-refractivity contribution in [1.29, 1.82) is 0 Å². The Morgan fingerprint density at radius 2 is 1.60 bits per heavy atom. The minimum atomic E-state index is -3.91. The molecule has 0 bridgehead atoms. The summed E-state index contributed by atoms with van der Waals surface area (Å²) in [5.41, 5.74) is 0.421. The van der Waals surface area contributed by atoms with Crippen molar-refractivity contribution in [3.63, 3.8) is 0 Å². The molecule has 2 amide bonds. The third-order valence-electron chi connectivity index (χ3n) is 4.74. The molecule has 0 aliphatic carbocycles. The van der Waals surface area contributed by atoms with Crippen molar-refractivity contribution >= 4 is 27.8 Å². The van der Waals surface area contributed by atoms with Crippen LogP contribution in [0.25, 0.3) is 0 Å². The predicted molar refractivity (Wildman–Crippen MR) is 107 cm³/mol. The third kappa shape index (κ3) is 5.02. The molecule has 0 aromatic heterocycles. The number of carbonyl (C=O) groups is 3. The van der Waals surface area contributed by atoms with Gasteiger partial charge in [0.15, 0.2) is 0 Å². The highest BCUT2D eigenvalue weighted by molar-refractivity contribution is 7.89. The van der Waals surface area contributed by atoms with Gasteiger partial charge in [0.1, 0.15) is 6.04 Å². The van der Waals surface area contributed by atoms with Gasteiger partial charge in [-0.15, -0.1) is 0 Å². The second-order valence-electron chi connectivity index (χ2n) is 6.81. The van der Waals surface area contributed by atoms with Crippen LogP contribution in [-0.4, -0.2) is 61.4 Å². The smallest absolute Gasteiger partial charge is 0.326 e. The van der Waals surface area contributed by atoms with Crippen molar-refractivity contribution in [3.8, 4) is 0 Å². The first kappa shape index (κ1) is 21.5. The maximum Gasteiger partial charge on any atom is 0.326 e. The van der Waals surface area contributed by atoms with Gasteiger partial charge in [-0.3, -0.25) is 9.59 Å². The van der Waals surface area contributed by atoms with Crippen LogP contribution in [0.3, 0.4) is 0 Å². The van der Waals surface area contributed by atoms with E-state index in [1.807, 2.05) is 0 Å². The summed E-state index contributed by atoms with van der Waals surface area (Å²) in [5, 5.41) is 12.2. The molecule has 3 rings (SSSR count). The van der Waals surface area contributed by atoms with Gasteiger partial charge in [-0.1, -0.05) is 36.4 Å². The van der Waals surface area contributed by atoms with Crippen LogP contribution >= 0.6 is 0 Å². The van der Waals surface area contributed by atoms with Gasteiger partial charge >= 0.3 is 5.97 Å². The zero-order valence-electron chi connectivity index (χ0n) is 15.9. The summed E-state index contributed by atoms with van der Waals surface area (Å²) < 4.78 is 26.8. The molecule has 1 aliphatic heterocycles. The van der Waals surface area contributed by atoms with Crippen molar-refractivity contribution in [1.82, 2.24) is 14.9 Å². The number of amides is 2. The second kappa shape index (κ2) is 9.06. The fourth-order valence-corrected chi connectivity index (χ4v) is 4.25. The van der Waals surface area contributed by atoms with Crippen LogP contribution in [0.5, 0.6) is 0 Å². The summed E-state index contributed by atoms with van der Waals surface area (Å²) in [6, 6.07) is 14.3. The van der Waals surface area contributed by atoms with Crippen molar-refractivity contribution in [2.45, 2.75) is 23.4 Å². The van der Waals surface area contributed by atoms with Crippen LogP contribution in [0.1, 0.15) is 16.8 Å². The van der Waals surface area contributed by atoms with E-state index in [0.29, 0.717) is 5.56 Å². The van der Waals surface area contributed by atoms with Gasteiger partial charge in [0, 0.05) is 24.6 Å². The monoisotopic (exact) mass is 431 g/mol. The zero-order valence-corrected chi connectivity index (χ0v) is 16.7. The number of sulfonamides is 1. The molecule has 1 saturated heterocycles. The predicted octanol–water partition coefficient (Wildman–Crippen LogP) is 0.449. The van der Waals surface area contributed by atoms with Crippen molar-refractivity contribution in [3.05, 3.63) is 66.2 Å². The molecule has 10 heteroatoms. The SMILES string of the molecule is O=C(N[C@@H]1C[C@@H](C(=O)O)N(C(=O)CNS(=O)(=O)c2ccccc2)C1)c1ccccc1. The number of carbonyl (C=O) groups excluding carboxylic acids is 2. The molecule has 1 heterocycles. The molecule has 0 spiro atoms. The van der Waals surface area contributed by atoms with E-state index < -0.39 is 40.5 Å². The van der Waals surface area contributed by atoms with E-state index in [0.717, 1.165) is 4.90 Å². The van der Waals surface area contributed by atoms with Gasteiger partial charge in [0.05, 0.1) is 11.4 Å². The van der Waals surface area contributed by atoms with E-state index in [2.05, 4.69) is 10.0 Å². The Bertz CT molecular complexity index is 1030. The molecule has 158 valence electrons. The van der Waals surface area contributed by atoms with Crippen molar-refractivity contribution in [2.75, 3.05) is 13.1 Å². The Hall–Kier alpha value is -3.24. The van der Waals surface area contributed by atoms with E-state index in [9.17, 15) is 27.9 Å². The first-order valence-corrected chi connectivity index (χ1v) is 10.7. The first-order valence-electron chi connectivity index (χ1n) is 9.21. The van der Waals surface area contributed by atoms with Gasteiger partial charge in [0.2, 0.25) is 15.9 Å². The number of aliphatic carboxylic acids is 1. The highest BCUT2D eigenvalue weighted by atomic mass is 32.2. The molecule has 0 saturated carbocycles. The lowest BCUT2D eigenvalue weighted by atomic mass is 10.1. The van der Waals surface area contributed by atoms with Crippen LogP contribution < -0.4 is 10.0 Å². The molecule has 2 atom stereocenters. The molecule has 2 aromatic carbocycles. The first-order chi connectivity index (χ1) is 14.3. The topological polar surface area (TPSA) is 133 Å². The van der Waals surface area contributed by atoms with E-state index in [-0.39, 0.29) is 23.8 Å².